The SMILES string of the molecule is COCC(=O)N(C)c1c(I)c(NC(=O)CCCC(=O)O)c(I)c(C(=O)O)c1I. The molecule has 0 aliphatic heterocycles. The van der Waals surface area contributed by atoms with E-state index in [4.69, 9.17) is 9.84 Å². The maximum Gasteiger partial charge on any atom is 0.338 e. The van der Waals surface area contributed by atoms with Gasteiger partial charge in [-0.15, -0.1) is 0 Å². The third-order valence-corrected chi connectivity index (χ3v) is 6.72. The highest BCUT2D eigenvalue weighted by atomic mass is 127. The van der Waals surface area contributed by atoms with Gasteiger partial charge in [-0.3, -0.25) is 14.4 Å². The Hall–Kier alpha value is -0.750. The third kappa shape index (κ3) is 6.38. The highest BCUT2D eigenvalue weighted by Crippen LogP contribution is 2.40. The summed E-state index contributed by atoms with van der Waals surface area (Å²) in [6.07, 6.45) is -0.0155. The summed E-state index contributed by atoms with van der Waals surface area (Å²) in [5.41, 5.74) is 0.586. The number of nitrogens with zero attached hydrogens (tertiary/aromatic N) is 1. The summed E-state index contributed by atoms with van der Waals surface area (Å²) in [6.45, 7) is -0.187. The van der Waals surface area contributed by atoms with Crippen molar-refractivity contribution in [1.29, 1.82) is 0 Å². The highest BCUT2D eigenvalue weighted by molar-refractivity contribution is 14.1. The summed E-state index contributed by atoms with van der Waals surface area (Å²) < 4.78 is 6.03. The first-order valence-corrected chi connectivity index (χ1v) is 11.0. The summed E-state index contributed by atoms with van der Waals surface area (Å²) in [7, 11) is 2.87. The maximum absolute atomic E-state index is 12.3. The number of carbonyl (C=O) groups is 4. The second kappa shape index (κ2) is 11.4. The normalized spacial score (nSPS) is 10.5. The first-order chi connectivity index (χ1) is 13.0. The molecule has 0 aromatic heterocycles. The van der Waals surface area contributed by atoms with Crippen LogP contribution in [0, 0.1) is 10.7 Å². The molecule has 1 aromatic carbocycles. The molecule has 0 aliphatic carbocycles. The Morgan fingerprint density at radius 1 is 1.04 bits per heavy atom. The smallest absolute Gasteiger partial charge is 0.338 e. The number of ether oxygens (including phenoxy) is 1. The van der Waals surface area contributed by atoms with Gasteiger partial charge in [-0.1, -0.05) is 0 Å². The second-order valence-electron chi connectivity index (χ2n) is 5.53. The number of carboxylic acid groups (broad SMARTS) is 2. The topological polar surface area (TPSA) is 133 Å². The lowest BCUT2D eigenvalue weighted by Crippen LogP contribution is -2.32. The minimum Gasteiger partial charge on any atom is -0.481 e. The van der Waals surface area contributed by atoms with Crippen molar-refractivity contribution >= 4 is 103 Å². The maximum atomic E-state index is 12.3. The van der Waals surface area contributed by atoms with Crippen molar-refractivity contribution in [3.05, 3.63) is 16.3 Å². The van der Waals surface area contributed by atoms with Crippen LogP contribution in [-0.4, -0.2) is 54.7 Å². The Morgan fingerprint density at radius 2 is 1.64 bits per heavy atom. The average Bonchev–Trinajstić information content (AvgIpc) is 2.58. The van der Waals surface area contributed by atoms with Crippen molar-refractivity contribution in [2.24, 2.45) is 0 Å². The van der Waals surface area contributed by atoms with Gasteiger partial charge >= 0.3 is 11.9 Å². The molecule has 0 heterocycles. The molecule has 28 heavy (non-hydrogen) atoms. The van der Waals surface area contributed by atoms with Gasteiger partial charge in [0.25, 0.3) is 5.91 Å². The number of likely N-dealkylation sites (N-methyl/N-ethyl adjacent to an activating group) is 1. The van der Waals surface area contributed by atoms with Gasteiger partial charge in [0, 0.05) is 27.0 Å². The molecule has 1 rings (SSSR count). The summed E-state index contributed by atoms with van der Waals surface area (Å²) in [5.74, 6) is -3.01. The van der Waals surface area contributed by atoms with Crippen molar-refractivity contribution in [2.75, 3.05) is 31.0 Å². The van der Waals surface area contributed by atoms with Crippen molar-refractivity contribution in [3.63, 3.8) is 0 Å². The number of methoxy groups -OCH3 is 1. The molecule has 3 N–H and O–H groups in total. The van der Waals surface area contributed by atoms with E-state index in [2.05, 4.69) is 5.32 Å². The molecule has 0 spiro atoms. The average molecular weight is 730 g/mol. The van der Waals surface area contributed by atoms with E-state index in [1.54, 1.807) is 0 Å². The molecule has 9 nitrogen and oxygen atoms in total. The molecular weight excluding hydrogens is 713 g/mol. The van der Waals surface area contributed by atoms with E-state index in [-0.39, 0.29) is 43.0 Å². The quantitative estimate of drug-likeness (QED) is 0.333. The van der Waals surface area contributed by atoms with Gasteiger partial charge in [-0.05, 0) is 74.2 Å². The van der Waals surface area contributed by atoms with Crippen molar-refractivity contribution in [1.82, 2.24) is 0 Å². The van der Waals surface area contributed by atoms with Crippen LogP contribution >= 0.6 is 67.8 Å². The lowest BCUT2D eigenvalue weighted by molar-refractivity contribution is -0.137. The molecule has 0 atom stereocenters. The number of aromatic carboxylic acids is 1. The number of amides is 2. The fraction of sp³-hybridized carbons (Fsp3) is 0.375. The number of hydrogen-bond donors (Lipinski definition) is 3. The third-order valence-electron chi connectivity index (χ3n) is 3.54. The van der Waals surface area contributed by atoms with Crippen LogP contribution < -0.4 is 10.2 Å². The van der Waals surface area contributed by atoms with E-state index in [1.807, 2.05) is 67.8 Å². The minimum absolute atomic E-state index is 0.0272. The molecule has 1 aromatic rings. The van der Waals surface area contributed by atoms with Crippen molar-refractivity contribution < 1.29 is 34.1 Å². The number of hydrogen-bond acceptors (Lipinski definition) is 5. The zero-order valence-electron chi connectivity index (χ0n) is 14.8. The summed E-state index contributed by atoms with van der Waals surface area (Å²) >= 11 is 5.64. The molecular formula is C16H17I3N2O7. The van der Waals surface area contributed by atoms with E-state index in [1.165, 1.54) is 19.1 Å². The summed E-state index contributed by atoms with van der Waals surface area (Å²) in [6, 6.07) is 0. The summed E-state index contributed by atoms with van der Waals surface area (Å²) in [5, 5.41) is 21.0. The number of rotatable bonds is 9. The fourth-order valence-electron chi connectivity index (χ4n) is 2.19. The predicted octanol–water partition coefficient (Wildman–Crippen LogP) is 3.00. The van der Waals surface area contributed by atoms with Crippen LogP contribution in [0.15, 0.2) is 0 Å². The number of anilines is 2. The van der Waals surface area contributed by atoms with Crippen LogP contribution in [0.2, 0.25) is 0 Å². The number of halogens is 3. The van der Waals surface area contributed by atoms with E-state index >= 15 is 0 Å². The first kappa shape index (κ1) is 25.3. The van der Waals surface area contributed by atoms with E-state index in [0.29, 0.717) is 16.4 Å². The minimum atomic E-state index is -1.19. The predicted molar refractivity (Wildman–Crippen MR) is 127 cm³/mol. The van der Waals surface area contributed by atoms with Crippen LogP contribution in [0.4, 0.5) is 11.4 Å². The number of nitrogens with one attached hydrogen (secondary N) is 1. The Labute approximate surface area is 202 Å². The highest BCUT2D eigenvalue weighted by Gasteiger charge is 2.28. The standard InChI is InChI=1S/C16H17I3N2O7/c1-21(8(23)6-28-2)15-12(18)10(16(26)27)11(17)14(13(15)19)20-7(22)4-3-5-9(24)25/h3-6H2,1-2H3,(H,20,22)(H,24,25)(H,26,27). The molecule has 0 saturated heterocycles. The van der Waals surface area contributed by atoms with Gasteiger partial charge in [0.1, 0.15) is 6.61 Å². The van der Waals surface area contributed by atoms with Crippen molar-refractivity contribution in [3.8, 4) is 0 Å². The van der Waals surface area contributed by atoms with Crippen LogP contribution in [0.5, 0.6) is 0 Å². The molecule has 154 valence electrons. The molecule has 0 aliphatic rings. The van der Waals surface area contributed by atoms with Crippen LogP contribution in [0.3, 0.4) is 0 Å². The Morgan fingerprint density at radius 3 is 2.14 bits per heavy atom. The fourth-order valence-corrected chi connectivity index (χ4v) is 6.81. The Balaban J connectivity index is 3.40. The second-order valence-corrected chi connectivity index (χ2v) is 8.76. The van der Waals surface area contributed by atoms with Gasteiger partial charge in [0.2, 0.25) is 5.91 Å². The number of aliphatic carboxylic acids is 1. The lowest BCUT2D eigenvalue weighted by Gasteiger charge is -2.24. The van der Waals surface area contributed by atoms with Crippen molar-refractivity contribution in [2.45, 2.75) is 19.3 Å². The number of carbonyl (C=O) groups excluding carboxylic acids is 2. The molecule has 12 heteroatoms. The van der Waals surface area contributed by atoms with E-state index < -0.39 is 17.8 Å². The molecule has 0 unspecified atom stereocenters. The Kier molecular flexibility index (Phi) is 10.3. The van der Waals surface area contributed by atoms with Crippen LogP contribution in [0.1, 0.15) is 29.6 Å². The van der Waals surface area contributed by atoms with Gasteiger partial charge in [-0.25, -0.2) is 4.79 Å². The van der Waals surface area contributed by atoms with Gasteiger partial charge in [-0.2, -0.15) is 0 Å². The molecule has 0 radical (unpaired) electrons. The zero-order valence-corrected chi connectivity index (χ0v) is 21.3. The monoisotopic (exact) mass is 730 g/mol. The van der Waals surface area contributed by atoms with Crippen LogP contribution in [-0.2, 0) is 19.1 Å². The molecule has 0 bridgehead atoms. The van der Waals surface area contributed by atoms with Gasteiger partial charge < -0.3 is 25.2 Å². The molecule has 0 fully saturated rings. The van der Waals surface area contributed by atoms with E-state index in [0.717, 1.165) is 0 Å². The number of benzene rings is 1. The first-order valence-electron chi connectivity index (χ1n) is 7.73. The van der Waals surface area contributed by atoms with Gasteiger partial charge in [0.15, 0.2) is 0 Å². The Bertz CT molecular complexity index is 814. The summed E-state index contributed by atoms with van der Waals surface area (Å²) in [4.78, 5) is 48.1. The number of carboxylic acids is 2. The van der Waals surface area contributed by atoms with Crippen LogP contribution in [0.25, 0.3) is 0 Å². The zero-order chi connectivity index (χ0) is 21.6. The molecule has 2 amide bonds. The molecule has 0 saturated carbocycles. The van der Waals surface area contributed by atoms with Gasteiger partial charge in [0.05, 0.1) is 27.6 Å². The van der Waals surface area contributed by atoms with E-state index in [9.17, 15) is 24.3 Å². The largest absolute Gasteiger partial charge is 0.481 e. The lowest BCUT2D eigenvalue weighted by atomic mass is 10.1.